The van der Waals surface area contributed by atoms with Gasteiger partial charge in [0.05, 0.1) is 12.1 Å². The van der Waals surface area contributed by atoms with Crippen molar-refractivity contribution in [2.45, 2.75) is 6.61 Å². The summed E-state index contributed by atoms with van der Waals surface area (Å²) in [6.07, 6.45) is 2.97. The average molecular weight is 527 g/mol. The molecular formula is C30H31FN6O2. The molecule has 3 N–H and O–H groups in total. The van der Waals surface area contributed by atoms with Crippen molar-refractivity contribution in [2.24, 2.45) is 0 Å². The smallest absolute Gasteiger partial charge is 0.247 e. The topological polar surface area (TPSA) is 93.6 Å². The summed E-state index contributed by atoms with van der Waals surface area (Å²) in [5, 5.41) is 17.0. The molecule has 0 spiro atoms. The Balaban J connectivity index is 1.40. The van der Waals surface area contributed by atoms with Crippen LogP contribution in [0.15, 0.2) is 79.5 Å². The van der Waals surface area contributed by atoms with Gasteiger partial charge in [0.25, 0.3) is 0 Å². The third-order valence-electron chi connectivity index (χ3n) is 6.88. The summed E-state index contributed by atoms with van der Waals surface area (Å²) in [7, 11) is 0. The molecule has 5 rings (SSSR count). The molecule has 1 aliphatic heterocycles. The number of carbonyl (C=O) groups excluding carboxylic acids is 1. The predicted octanol–water partition coefficient (Wildman–Crippen LogP) is 4.75. The lowest BCUT2D eigenvalue weighted by Gasteiger charge is -2.35. The summed E-state index contributed by atoms with van der Waals surface area (Å²) < 4.78 is 12.6. The van der Waals surface area contributed by atoms with Crippen molar-refractivity contribution >= 4 is 39.8 Å². The highest BCUT2D eigenvalue weighted by Crippen LogP contribution is 2.33. The zero-order valence-electron chi connectivity index (χ0n) is 21.6. The number of hydrogen-bond donors (Lipinski definition) is 3. The molecule has 39 heavy (non-hydrogen) atoms. The number of aromatic nitrogens is 2. The first-order valence-electron chi connectivity index (χ1n) is 12.9. The fourth-order valence-electron chi connectivity index (χ4n) is 4.83. The van der Waals surface area contributed by atoms with E-state index in [4.69, 9.17) is 4.98 Å². The molecule has 0 saturated carbocycles. The Morgan fingerprint density at radius 2 is 1.85 bits per heavy atom. The number of carbonyl (C=O) groups is 1. The first-order chi connectivity index (χ1) is 19.1. The van der Waals surface area contributed by atoms with Gasteiger partial charge < -0.3 is 20.6 Å². The SMILES string of the molecule is C=CC(=O)Nc1cccc(-c2c(CO)ccc3cnc(Nc4ccc(N5CCN(CCF)CC5)cc4)nc23)c1. The Hall–Kier alpha value is -4.34. The number of piperazine rings is 1. The predicted molar refractivity (Wildman–Crippen MR) is 154 cm³/mol. The number of fused-ring (bicyclic) bond motifs is 1. The van der Waals surface area contributed by atoms with Gasteiger partial charge in [-0.25, -0.2) is 14.4 Å². The standard InChI is InChI=1S/C30H31FN6O2/c1-2-27(39)33-25-5-3-4-21(18-25)28-23(20-38)7-6-22-19-32-30(35-29(22)28)34-24-8-10-26(11-9-24)37-16-14-36(13-12-31)15-17-37/h2-11,18-19,38H,1,12-17,20H2,(H,33,39)(H,32,34,35). The van der Waals surface area contributed by atoms with Crippen LogP contribution in [-0.2, 0) is 11.4 Å². The second-order valence-electron chi connectivity index (χ2n) is 9.35. The van der Waals surface area contributed by atoms with E-state index in [-0.39, 0.29) is 19.2 Å². The summed E-state index contributed by atoms with van der Waals surface area (Å²) in [6.45, 7) is 6.99. The molecule has 0 unspecified atom stereocenters. The first kappa shape index (κ1) is 26.3. The molecule has 3 aromatic carbocycles. The van der Waals surface area contributed by atoms with E-state index < -0.39 is 0 Å². The maximum atomic E-state index is 12.6. The van der Waals surface area contributed by atoms with Crippen molar-refractivity contribution in [1.82, 2.24) is 14.9 Å². The van der Waals surface area contributed by atoms with Gasteiger partial charge in [0.1, 0.15) is 6.67 Å². The third kappa shape index (κ3) is 6.05. The van der Waals surface area contributed by atoms with E-state index in [1.54, 1.807) is 12.3 Å². The first-order valence-corrected chi connectivity index (χ1v) is 12.9. The number of aliphatic hydroxyl groups excluding tert-OH is 1. The summed E-state index contributed by atoms with van der Waals surface area (Å²) in [6, 6.07) is 19.3. The largest absolute Gasteiger partial charge is 0.392 e. The van der Waals surface area contributed by atoms with Gasteiger partial charge in [-0.3, -0.25) is 9.69 Å². The lowest BCUT2D eigenvalue weighted by Crippen LogP contribution is -2.47. The molecule has 0 radical (unpaired) electrons. The van der Waals surface area contributed by atoms with Gasteiger partial charge in [-0.15, -0.1) is 0 Å². The van der Waals surface area contributed by atoms with Gasteiger partial charge in [-0.2, -0.15) is 0 Å². The highest BCUT2D eigenvalue weighted by molar-refractivity contribution is 6.00. The summed E-state index contributed by atoms with van der Waals surface area (Å²) in [5.41, 5.74) is 5.59. The molecule has 0 bridgehead atoms. The molecule has 0 aliphatic carbocycles. The summed E-state index contributed by atoms with van der Waals surface area (Å²) in [5.74, 6) is 0.133. The second kappa shape index (κ2) is 12.0. The number of rotatable bonds is 9. The van der Waals surface area contributed by atoms with E-state index in [2.05, 4.69) is 44.1 Å². The zero-order valence-corrected chi connectivity index (χ0v) is 21.6. The number of nitrogens with zero attached hydrogens (tertiary/aromatic N) is 4. The Morgan fingerprint density at radius 3 is 2.56 bits per heavy atom. The fraction of sp³-hybridized carbons (Fsp3) is 0.233. The Kier molecular flexibility index (Phi) is 8.10. The van der Waals surface area contributed by atoms with E-state index in [1.165, 1.54) is 6.08 Å². The minimum Gasteiger partial charge on any atom is -0.392 e. The maximum Gasteiger partial charge on any atom is 0.247 e. The van der Waals surface area contributed by atoms with Crippen molar-refractivity contribution in [3.8, 4) is 11.1 Å². The minimum absolute atomic E-state index is 0.162. The van der Waals surface area contributed by atoms with Crippen LogP contribution in [0, 0.1) is 0 Å². The molecule has 1 aromatic heterocycles. The van der Waals surface area contributed by atoms with Crippen LogP contribution >= 0.6 is 0 Å². The van der Waals surface area contributed by atoms with Crippen LogP contribution in [0.4, 0.5) is 27.4 Å². The highest BCUT2D eigenvalue weighted by Gasteiger charge is 2.17. The number of aliphatic hydroxyl groups is 1. The van der Waals surface area contributed by atoms with Crippen LogP contribution in [0.25, 0.3) is 22.0 Å². The Labute approximate surface area is 226 Å². The third-order valence-corrected chi connectivity index (χ3v) is 6.88. The Bertz CT molecular complexity index is 1470. The molecule has 9 heteroatoms. The molecule has 200 valence electrons. The summed E-state index contributed by atoms with van der Waals surface area (Å²) in [4.78, 5) is 25.6. The van der Waals surface area contributed by atoms with Crippen LogP contribution in [0.3, 0.4) is 0 Å². The van der Waals surface area contributed by atoms with Crippen LogP contribution in [0.2, 0.25) is 0 Å². The number of benzene rings is 3. The van der Waals surface area contributed by atoms with E-state index in [0.717, 1.165) is 59.6 Å². The van der Waals surface area contributed by atoms with Crippen molar-refractivity contribution in [1.29, 1.82) is 0 Å². The van der Waals surface area contributed by atoms with Gasteiger partial charge in [0, 0.05) is 66.9 Å². The van der Waals surface area contributed by atoms with Crippen molar-refractivity contribution in [3.05, 3.63) is 85.1 Å². The number of alkyl halides is 1. The van der Waals surface area contributed by atoms with Crippen LogP contribution in [0.5, 0.6) is 0 Å². The molecule has 4 aromatic rings. The van der Waals surface area contributed by atoms with Gasteiger partial charge in [-0.1, -0.05) is 30.8 Å². The molecule has 1 amide bonds. The number of anilines is 4. The zero-order chi connectivity index (χ0) is 27.2. The van der Waals surface area contributed by atoms with Gasteiger partial charge >= 0.3 is 0 Å². The lowest BCUT2D eigenvalue weighted by atomic mass is 9.96. The van der Waals surface area contributed by atoms with Crippen LogP contribution in [-0.4, -0.2) is 65.3 Å². The normalized spacial score (nSPS) is 13.8. The Morgan fingerprint density at radius 1 is 1.05 bits per heavy atom. The van der Waals surface area contributed by atoms with Gasteiger partial charge in [0.2, 0.25) is 11.9 Å². The minimum atomic E-state index is -0.305. The number of nitrogens with one attached hydrogen (secondary N) is 2. The quantitative estimate of drug-likeness (QED) is 0.271. The number of hydrogen-bond acceptors (Lipinski definition) is 7. The van der Waals surface area contributed by atoms with Gasteiger partial charge in [0.15, 0.2) is 0 Å². The molecule has 1 fully saturated rings. The monoisotopic (exact) mass is 526 g/mol. The van der Waals surface area contributed by atoms with E-state index in [9.17, 15) is 14.3 Å². The van der Waals surface area contributed by atoms with E-state index in [0.29, 0.717) is 23.7 Å². The molecule has 1 aliphatic rings. The fourth-order valence-corrected chi connectivity index (χ4v) is 4.83. The number of halogens is 1. The highest BCUT2D eigenvalue weighted by atomic mass is 19.1. The van der Waals surface area contributed by atoms with Crippen LogP contribution < -0.4 is 15.5 Å². The van der Waals surface area contributed by atoms with E-state index in [1.807, 2.05) is 42.5 Å². The lowest BCUT2D eigenvalue weighted by molar-refractivity contribution is -0.111. The average Bonchev–Trinajstić information content (AvgIpc) is 2.97. The van der Waals surface area contributed by atoms with Crippen molar-refractivity contribution in [3.63, 3.8) is 0 Å². The van der Waals surface area contributed by atoms with Gasteiger partial charge in [-0.05, 0) is 53.6 Å². The van der Waals surface area contributed by atoms with Crippen molar-refractivity contribution < 1.29 is 14.3 Å². The molecule has 2 heterocycles. The molecule has 8 nitrogen and oxygen atoms in total. The number of amides is 1. The van der Waals surface area contributed by atoms with Crippen molar-refractivity contribution in [2.75, 3.05) is 54.9 Å². The molecular weight excluding hydrogens is 495 g/mol. The second-order valence-corrected chi connectivity index (χ2v) is 9.35. The molecule has 0 atom stereocenters. The maximum absolute atomic E-state index is 12.6. The van der Waals surface area contributed by atoms with Crippen LogP contribution in [0.1, 0.15) is 5.56 Å². The summed E-state index contributed by atoms with van der Waals surface area (Å²) >= 11 is 0. The molecule has 1 saturated heterocycles. The van der Waals surface area contributed by atoms with E-state index >= 15 is 0 Å².